The molecule has 1 N–H and O–H groups in total. The fourth-order valence-electron chi connectivity index (χ4n) is 3.63. The molecule has 0 saturated carbocycles. The number of carbonyl (C=O) groups excluding carboxylic acids is 3. The van der Waals surface area contributed by atoms with Crippen molar-refractivity contribution < 1.29 is 28.2 Å². The van der Waals surface area contributed by atoms with Gasteiger partial charge < -0.3 is 9.47 Å². The molecule has 1 saturated heterocycles. The average molecular weight is 460 g/mol. The van der Waals surface area contributed by atoms with Gasteiger partial charge >= 0.3 is 6.03 Å². The summed E-state index contributed by atoms with van der Waals surface area (Å²) in [5.41, 5.74) is 1.67. The summed E-state index contributed by atoms with van der Waals surface area (Å²) in [5, 5.41) is 2.20. The lowest BCUT2D eigenvalue weighted by molar-refractivity contribution is -0.122. The molecule has 4 rings (SSSR count). The summed E-state index contributed by atoms with van der Waals surface area (Å²) in [4.78, 5) is 39.1. The van der Waals surface area contributed by atoms with Crippen molar-refractivity contribution in [3.05, 3.63) is 94.8 Å². The highest BCUT2D eigenvalue weighted by Crippen LogP contribution is 2.27. The third-order valence-electron chi connectivity index (χ3n) is 5.42. The fourth-order valence-corrected chi connectivity index (χ4v) is 3.63. The number of imide groups is 2. The third-order valence-corrected chi connectivity index (χ3v) is 5.42. The molecule has 8 heteroatoms. The maximum Gasteiger partial charge on any atom is 0.335 e. The topological polar surface area (TPSA) is 84.9 Å². The van der Waals surface area contributed by atoms with Crippen LogP contribution in [0.2, 0.25) is 0 Å². The Labute approximate surface area is 195 Å². The number of hydrogen-bond donors (Lipinski definition) is 1. The van der Waals surface area contributed by atoms with E-state index in [1.165, 1.54) is 26.4 Å². The lowest BCUT2D eigenvalue weighted by atomic mass is 9.96. The zero-order valence-corrected chi connectivity index (χ0v) is 18.5. The van der Waals surface area contributed by atoms with E-state index >= 15 is 0 Å². The van der Waals surface area contributed by atoms with E-state index in [-0.39, 0.29) is 23.5 Å². The van der Waals surface area contributed by atoms with Crippen LogP contribution >= 0.6 is 0 Å². The number of urea groups is 1. The number of benzene rings is 3. The molecule has 172 valence electrons. The average Bonchev–Trinajstić information content (AvgIpc) is 2.84. The predicted octanol–water partition coefficient (Wildman–Crippen LogP) is 4.10. The fraction of sp³-hybridized carbons (Fsp3) is 0.115. The lowest BCUT2D eigenvalue weighted by Gasteiger charge is -2.26. The van der Waals surface area contributed by atoms with E-state index < -0.39 is 17.8 Å². The molecule has 1 aliphatic rings. The molecule has 1 heterocycles. The minimum atomic E-state index is -0.848. The van der Waals surface area contributed by atoms with Gasteiger partial charge in [0.1, 0.15) is 22.9 Å². The van der Waals surface area contributed by atoms with E-state index in [2.05, 4.69) is 5.32 Å². The third kappa shape index (κ3) is 4.52. The zero-order valence-electron chi connectivity index (χ0n) is 18.5. The zero-order chi connectivity index (χ0) is 24.2. The number of carbonyl (C=O) groups is 3. The van der Waals surface area contributed by atoms with E-state index in [9.17, 15) is 18.8 Å². The van der Waals surface area contributed by atoms with Crippen molar-refractivity contribution >= 4 is 29.6 Å². The van der Waals surface area contributed by atoms with Gasteiger partial charge in [-0.05, 0) is 65.2 Å². The molecule has 3 aromatic carbocycles. The molecule has 0 bridgehead atoms. The maximum atomic E-state index is 14.3. The molecule has 3 aromatic rings. The first-order valence-electron chi connectivity index (χ1n) is 10.4. The quantitative estimate of drug-likeness (QED) is 0.442. The van der Waals surface area contributed by atoms with Crippen LogP contribution in [0.15, 0.2) is 72.3 Å². The molecule has 34 heavy (non-hydrogen) atoms. The van der Waals surface area contributed by atoms with Crippen molar-refractivity contribution in [1.82, 2.24) is 5.32 Å². The number of amides is 4. The summed E-state index contributed by atoms with van der Waals surface area (Å²) in [7, 11) is 3.01. The van der Waals surface area contributed by atoms with E-state index in [4.69, 9.17) is 9.47 Å². The summed E-state index contributed by atoms with van der Waals surface area (Å²) in [5.74, 6) is -0.856. The van der Waals surface area contributed by atoms with E-state index in [0.717, 1.165) is 4.90 Å². The maximum absolute atomic E-state index is 14.3. The summed E-state index contributed by atoms with van der Waals surface area (Å²) in [6.45, 7) is 0. The van der Waals surface area contributed by atoms with E-state index in [1.807, 2.05) is 0 Å². The van der Waals surface area contributed by atoms with Crippen LogP contribution in [0.25, 0.3) is 6.08 Å². The number of barbiturate groups is 1. The normalized spacial score (nSPS) is 14.9. The Morgan fingerprint density at radius 2 is 1.56 bits per heavy atom. The van der Waals surface area contributed by atoms with E-state index in [1.54, 1.807) is 60.7 Å². The molecule has 4 amide bonds. The van der Waals surface area contributed by atoms with Gasteiger partial charge in [0.15, 0.2) is 0 Å². The summed E-state index contributed by atoms with van der Waals surface area (Å²) >= 11 is 0. The molecule has 0 spiro atoms. The Balaban J connectivity index is 1.74. The van der Waals surface area contributed by atoms with Crippen LogP contribution in [0, 0.1) is 5.82 Å². The van der Waals surface area contributed by atoms with Crippen molar-refractivity contribution in [2.45, 2.75) is 6.42 Å². The van der Waals surface area contributed by atoms with Gasteiger partial charge in [-0.2, -0.15) is 0 Å². The summed E-state index contributed by atoms with van der Waals surface area (Å²) in [6, 6.07) is 16.9. The Kier molecular flexibility index (Phi) is 6.40. The van der Waals surface area contributed by atoms with Crippen molar-refractivity contribution in [2.24, 2.45) is 0 Å². The number of nitrogens with zero attached hydrogens (tertiary/aromatic N) is 1. The molecule has 1 aliphatic heterocycles. The minimum absolute atomic E-state index is 0.208. The number of rotatable bonds is 6. The predicted molar refractivity (Wildman–Crippen MR) is 124 cm³/mol. The van der Waals surface area contributed by atoms with Crippen LogP contribution in [-0.2, 0) is 16.0 Å². The molecular weight excluding hydrogens is 439 g/mol. The highest BCUT2D eigenvalue weighted by molar-refractivity contribution is 6.39. The van der Waals surface area contributed by atoms with Crippen LogP contribution in [0.1, 0.15) is 16.7 Å². The first-order chi connectivity index (χ1) is 16.4. The number of halogens is 1. The van der Waals surface area contributed by atoms with Crippen LogP contribution in [0.3, 0.4) is 0 Å². The second kappa shape index (κ2) is 9.58. The smallest absolute Gasteiger partial charge is 0.335 e. The molecule has 0 atom stereocenters. The van der Waals surface area contributed by atoms with Crippen molar-refractivity contribution in [3.8, 4) is 11.5 Å². The van der Waals surface area contributed by atoms with Gasteiger partial charge in [0.2, 0.25) is 0 Å². The van der Waals surface area contributed by atoms with Crippen molar-refractivity contribution in [2.75, 3.05) is 19.1 Å². The number of anilines is 1. The van der Waals surface area contributed by atoms with E-state index in [0.29, 0.717) is 28.2 Å². The summed E-state index contributed by atoms with van der Waals surface area (Å²) in [6.07, 6.45) is 1.61. The minimum Gasteiger partial charge on any atom is -0.497 e. The SMILES string of the molecule is COc1ccc(N2C(=O)NC(=O)/C(=C\c3ccc(OC)cc3Cc3ccccc3F)C2=O)cc1. The Morgan fingerprint density at radius 1 is 0.882 bits per heavy atom. The molecule has 1 fully saturated rings. The largest absolute Gasteiger partial charge is 0.497 e. The van der Waals surface area contributed by atoms with Crippen molar-refractivity contribution in [1.29, 1.82) is 0 Å². The molecule has 0 radical (unpaired) electrons. The van der Waals surface area contributed by atoms with Crippen LogP contribution in [0.5, 0.6) is 11.5 Å². The first kappa shape index (κ1) is 22.7. The second-order valence-electron chi connectivity index (χ2n) is 7.49. The first-order valence-corrected chi connectivity index (χ1v) is 10.4. The number of ether oxygens (including phenoxy) is 2. The Morgan fingerprint density at radius 3 is 2.24 bits per heavy atom. The van der Waals surface area contributed by atoms with Gasteiger partial charge in [0.25, 0.3) is 11.8 Å². The molecular formula is C26H21FN2O5. The number of methoxy groups -OCH3 is 2. The summed E-state index contributed by atoms with van der Waals surface area (Å²) < 4.78 is 24.7. The molecule has 7 nitrogen and oxygen atoms in total. The molecule has 0 aromatic heterocycles. The van der Waals surface area contributed by atoms with Gasteiger partial charge in [-0.15, -0.1) is 0 Å². The van der Waals surface area contributed by atoms with Crippen molar-refractivity contribution in [3.63, 3.8) is 0 Å². The van der Waals surface area contributed by atoms with Gasteiger partial charge in [-0.25, -0.2) is 14.1 Å². The van der Waals surface area contributed by atoms with Gasteiger partial charge in [0, 0.05) is 6.42 Å². The Bertz CT molecular complexity index is 1300. The molecule has 0 unspecified atom stereocenters. The number of hydrogen-bond acceptors (Lipinski definition) is 5. The lowest BCUT2D eigenvalue weighted by Crippen LogP contribution is -2.54. The van der Waals surface area contributed by atoms with Crippen LogP contribution in [0.4, 0.5) is 14.9 Å². The van der Waals surface area contributed by atoms with Crippen LogP contribution in [-0.4, -0.2) is 32.1 Å². The monoisotopic (exact) mass is 460 g/mol. The molecule has 0 aliphatic carbocycles. The van der Waals surface area contributed by atoms with Gasteiger partial charge in [-0.1, -0.05) is 24.3 Å². The van der Waals surface area contributed by atoms with Gasteiger partial charge in [0.05, 0.1) is 19.9 Å². The van der Waals surface area contributed by atoms with Crippen LogP contribution < -0.4 is 19.7 Å². The highest BCUT2D eigenvalue weighted by Gasteiger charge is 2.37. The highest BCUT2D eigenvalue weighted by atomic mass is 19.1. The number of nitrogens with one attached hydrogen (secondary N) is 1. The second-order valence-corrected chi connectivity index (χ2v) is 7.49. The van der Waals surface area contributed by atoms with Gasteiger partial charge in [-0.3, -0.25) is 14.9 Å². The standard InChI is InChI=1S/C26H21FN2O5/c1-33-20-11-8-19(9-12-20)29-25(31)22(24(30)28-26(29)32)15-16-7-10-21(34-2)14-18(16)13-17-5-3-4-6-23(17)27/h3-12,14-15H,13H2,1-2H3,(H,28,30,32)/b22-15+. The Hall–Kier alpha value is -4.46.